The van der Waals surface area contributed by atoms with Gasteiger partial charge < -0.3 is 5.32 Å². The minimum Gasteiger partial charge on any atom is -0.362 e. The molecule has 8 heteroatoms. The molecule has 1 atom stereocenters. The number of alkyl halides is 3. The van der Waals surface area contributed by atoms with Crippen LogP contribution in [-0.2, 0) is 6.18 Å². The molecular weight excluding hydrogens is 319 g/mol. The molecule has 1 unspecified atom stereocenters. The van der Waals surface area contributed by atoms with Crippen LogP contribution in [0.2, 0.25) is 0 Å². The van der Waals surface area contributed by atoms with E-state index in [-0.39, 0.29) is 11.7 Å². The maximum Gasteiger partial charge on any atom is 0.453 e. The quantitative estimate of drug-likeness (QED) is 0.788. The fraction of sp³-hybridized carbons (Fsp3) is 0.312. The Kier molecular flexibility index (Phi) is 3.90. The second-order valence-electron chi connectivity index (χ2n) is 5.67. The van der Waals surface area contributed by atoms with Gasteiger partial charge in [-0.3, -0.25) is 0 Å². The third kappa shape index (κ3) is 2.91. The zero-order valence-corrected chi connectivity index (χ0v) is 13.4. The zero-order chi connectivity index (χ0) is 17.5. The standard InChI is InChI=1S/C16H16F3N5/c1-9-5-4-6-12(10(9)2)11(3)20-13-7-8-14-21-22-15(16(17,18)19)24(14)23-13/h4-8,11H,1-3H3,(H,20,23). The molecule has 5 nitrogen and oxygen atoms in total. The summed E-state index contributed by atoms with van der Waals surface area (Å²) in [5.74, 6) is -0.818. The van der Waals surface area contributed by atoms with E-state index < -0.39 is 12.0 Å². The van der Waals surface area contributed by atoms with Crippen LogP contribution in [0.4, 0.5) is 19.0 Å². The predicted octanol–water partition coefficient (Wildman–Crippen LogP) is 3.93. The van der Waals surface area contributed by atoms with Crippen molar-refractivity contribution in [1.82, 2.24) is 19.8 Å². The first-order chi connectivity index (χ1) is 11.3. The van der Waals surface area contributed by atoms with E-state index in [1.165, 1.54) is 6.07 Å². The Morgan fingerprint density at radius 1 is 1.08 bits per heavy atom. The number of halogens is 3. The molecule has 2 heterocycles. The molecule has 0 fully saturated rings. The maximum absolute atomic E-state index is 12.9. The average Bonchev–Trinajstić information content (AvgIpc) is 2.93. The SMILES string of the molecule is Cc1cccc(C(C)Nc2ccc3nnc(C(F)(F)F)n3n2)c1C. The minimum atomic E-state index is -4.61. The summed E-state index contributed by atoms with van der Waals surface area (Å²) in [6, 6.07) is 8.88. The van der Waals surface area contributed by atoms with E-state index in [0.29, 0.717) is 10.3 Å². The Morgan fingerprint density at radius 2 is 1.83 bits per heavy atom. The number of fused-ring (bicyclic) bond motifs is 1. The fourth-order valence-electron chi connectivity index (χ4n) is 2.59. The third-order valence-corrected chi connectivity index (χ3v) is 3.99. The monoisotopic (exact) mass is 335 g/mol. The summed E-state index contributed by atoms with van der Waals surface area (Å²) >= 11 is 0. The van der Waals surface area contributed by atoms with Gasteiger partial charge >= 0.3 is 6.18 Å². The van der Waals surface area contributed by atoms with E-state index in [9.17, 15) is 13.2 Å². The molecular formula is C16H16F3N5. The topological polar surface area (TPSA) is 55.1 Å². The van der Waals surface area contributed by atoms with Crippen molar-refractivity contribution in [2.75, 3.05) is 5.32 Å². The highest BCUT2D eigenvalue weighted by Gasteiger charge is 2.37. The summed E-state index contributed by atoms with van der Waals surface area (Å²) in [5.41, 5.74) is 3.41. The number of hydrogen-bond acceptors (Lipinski definition) is 4. The van der Waals surface area contributed by atoms with Gasteiger partial charge in [0.1, 0.15) is 5.82 Å². The Morgan fingerprint density at radius 3 is 2.54 bits per heavy atom. The minimum absolute atomic E-state index is 0.0484. The lowest BCUT2D eigenvalue weighted by Crippen LogP contribution is -2.15. The number of benzene rings is 1. The summed E-state index contributed by atoms with van der Waals surface area (Å²) in [5, 5.41) is 13.8. The highest BCUT2D eigenvalue weighted by atomic mass is 19.4. The van der Waals surface area contributed by atoms with Gasteiger partial charge in [0.05, 0.1) is 6.04 Å². The van der Waals surface area contributed by atoms with E-state index in [4.69, 9.17) is 0 Å². The second kappa shape index (κ2) is 5.77. The molecule has 0 spiro atoms. The molecule has 0 saturated heterocycles. The summed E-state index contributed by atoms with van der Waals surface area (Å²) < 4.78 is 39.5. The largest absolute Gasteiger partial charge is 0.453 e. The van der Waals surface area contributed by atoms with Crippen LogP contribution in [0.3, 0.4) is 0 Å². The van der Waals surface area contributed by atoms with Crippen molar-refractivity contribution in [3.8, 4) is 0 Å². The Labute approximate surface area is 136 Å². The normalized spacial score (nSPS) is 13.2. The number of anilines is 1. The summed E-state index contributed by atoms with van der Waals surface area (Å²) in [4.78, 5) is 0. The van der Waals surface area contributed by atoms with Crippen molar-refractivity contribution < 1.29 is 13.2 Å². The molecule has 0 radical (unpaired) electrons. The number of nitrogens with zero attached hydrogens (tertiary/aromatic N) is 4. The van der Waals surface area contributed by atoms with Gasteiger partial charge in [0, 0.05) is 0 Å². The van der Waals surface area contributed by atoms with Crippen molar-refractivity contribution >= 4 is 11.5 Å². The average molecular weight is 335 g/mol. The Bertz CT molecular complexity index is 885. The molecule has 1 N–H and O–H groups in total. The molecule has 0 amide bonds. The van der Waals surface area contributed by atoms with Crippen LogP contribution in [0.15, 0.2) is 30.3 Å². The first-order valence-corrected chi connectivity index (χ1v) is 7.39. The third-order valence-electron chi connectivity index (χ3n) is 3.99. The van der Waals surface area contributed by atoms with Gasteiger partial charge in [-0.15, -0.1) is 15.3 Å². The summed E-state index contributed by atoms with van der Waals surface area (Å²) in [7, 11) is 0. The smallest absolute Gasteiger partial charge is 0.362 e. The van der Waals surface area contributed by atoms with Crippen molar-refractivity contribution in [1.29, 1.82) is 0 Å². The molecule has 0 aliphatic heterocycles. The second-order valence-corrected chi connectivity index (χ2v) is 5.67. The van der Waals surface area contributed by atoms with E-state index in [1.54, 1.807) is 6.07 Å². The van der Waals surface area contributed by atoms with Crippen LogP contribution in [0.1, 0.15) is 35.5 Å². The molecule has 0 saturated carbocycles. The number of hydrogen-bond donors (Lipinski definition) is 1. The lowest BCUT2D eigenvalue weighted by atomic mass is 9.98. The molecule has 24 heavy (non-hydrogen) atoms. The van der Waals surface area contributed by atoms with Crippen LogP contribution >= 0.6 is 0 Å². The Hall–Kier alpha value is -2.64. The van der Waals surface area contributed by atoms with E-state index in [2.05, 4.69) is 20.6 Å². The number of aromatic nitrogens is 4. The highest BCUT2D eigenvalue weighted by Crippen LogP contribution is 2.28. The van der Waals surface area contributed by atoms with Crippen LogP contribution in [0.25, 0.3) is 5.65 Å². The maximum atomic E-state index is 12.9. The van der Waals surface area contributed by atoms with Crippen molar-refractivity contribution in [2.24, 2.45) is 0 Å². The van der Waals surface area contributed by atoms with E-state index in [1.807, 2.05) is 39.0 Å². The molecule has 3 aromatic rings. The molecule has 126 valence electrons. The number of aryl methyl sites for hydroxylation is 1. The van der Waals surface area contributed by atoms with Crippen molar-refractivity contribution in [3.63, 3.8) is 0 Å². The molecule has 1 aromatic carbocycles. The summed E-state index contributed by atoms with van der Waals surface area (Å²) in [6.45, 7) is 5.97. The van der Waals surface area contributed by atoms with Gasteiger partial charge in [-0.05, 0) is 49.6 Å². The van der Waals surface area contributed by atoms with Gasteiger partial charge in [0.25, 0.3) is 5.82 Å². The van der Waals surface area contributed by atoms with Gasteiger partial charge in [-0.25, -0.2) is 0 Å². The van der Waals surface area contributed by atoms with Crippen LogP contribution < -0.4 is 5.32 Å². The van der Waals surface area contributed by atoms with Gasteiger partial charge in [0.2, 0.25) is 0 Å². The first-order valence-electron chi connectivity index (χ1n) is 7.39. The molecule has 0 aliphatic rings. The van der Waals surface area contributed by atoms with Gasteiger partial charge in [0.15, 0.2) is 5.65 Å². The lowest BCUT2D eigenvalue weighted by Gasteiger charge is -2.18. The van der Waals surface area contributed by atoms with Crippen molar-refractivity contribution in [3.05, 3.63) is 52.8 Å². The first kappa shape index (κ1) is 16.2. The van der Waals surface area contributed by atoms with E-state index >= 15 is 0 Å². The fourth-order valence-corrected chi connectivity index (χ4v) is 2.59. The Balaban J connectivity index is 1.94. The molecule has 0 aliphatic carbocycles. The van der Waals surface area contributed by atoms with Crippen molar-refractivity contribution in [2.45, 2.75) is 33.0 Å². The zero-order valence-electron chi connectivity index (χ0n) is 13.4. The van der Waals surface area contributed by atoms with Gasteiger partial charge in [-0.2, -0.15) is 17.7 Å². The summed E-state index contributed by atoms with van der Waals surface area (Å²) in [6.07, 6.45) is -4.61. The van der Waals surface area contributed by atoms with E-state index in [0.717, 1.165) is 16.7 Å². The van der Waals surface area contributed by atoms with Gasteiger partial charge in [-0.1, -0.05) is 18.2 Å². The predicted molar refractivity (Wildman–Crippen MR) is 83.7 cm³/mol. The van der Waals surface area contributed by atoms with Crippen LogP contribution in [0, 0.1) is 13.8 Å². The molecule has 3 rings (SSSR count). The highest BCUT2D eigenvalue weighted by molar-refractivity contribution is 5.46. The number of nitrogens with one attached hydrogen (secondary N) is 1. The molecule has 0 bridgehead atoms. The van der Waals surface area contributed by atoms with Crippen LogP contribution in [0.5, 0.6) is 0 Å². The lowest BCUT2D eigenvalue weighted by molar-refractivity contribution is -0.146. The molecule has 2 aromatic heterocycles. The number of rotatable bonds is 3. The van der Waals surface area contributed by atoms with Crippen LogP contribution in [-0.4, -0.2) is 19.8 Å².